The van der Waals surface area contributed by atoms with Crippen LogP contribution in [0, 0.1) is 13.8 Å². The fourth-order valence-corrected chi connectivity index (χ4v) is 7.11. The van der Waals surface area contributed by atoms with Crippen LogP contribution in [0.1, 0.15) is 11.1 Å². The van der Waals surface area contributed by atoms with Gasteiger partial charge < -0.3 is 10.2 Å². The molecule has 2 aromatic carbocycles. The number of benzene rings is 2. The first-order valence-corrected chi connectivity index (χ1v) is 11.6. The smallest absolute Gasteiger partial charge is 0.264 e. The number of hydrogen-bond donors (Lipinski definition) is 2. The van der Waals surface area contributed by atoms with Crippen LogP contribution in [0.3, 0.4) is 0 Å². The maximum absolute atomic E-state index is 13.5. The second-order valence-electron chi connectivity index (χ2n) is 6.80. The van der Waals surface area contributed by atoms with E-state index in [1.165, 1.54) is 30.3 Å². The Labute approximate surface area is 158 Å². The van der Waals surface area contributed by atoms with Crippen molar-refractivity contribution in [3.05, 3.63) is 53.6 Å². The van der Waals surface area contributed by atoms with Gasteiger partial charge in [-0.25, -0.2) is 16.8 Å². The molecule has 0 unspecified atom stereocenters. The van der Waals surface area contributed by atoms with Gasteiger partial charge in [0.15, 0.2) is 9.84 Å². The van der Waals surface area contributed by atoms with Gasteiger partial charge in [-0.2, -0.15) is 0 Å². The Bertz CT molecular complexity index is 1080. The van der Waals surface area contributed by atoms with Crippen LogP contribution in [0.5, 0.6) is 5.75 Å². The number of aromatic hydroxyl groups is 1. The number of nitrogens with zero attached hydrogens (tertiary/aromatic N) is 1. The maximum Gasteiger partial charge on any atom is 0.264 e. The molecule has 0 spiro atoms. The number of aryl methyl sites for hydroxylation is 2. The number of hydrogen-bond acceptors (Lipinski definition) is 6. The lowest BCUT2D eigenvalue weighted by molar-refractivity contribution is 0.184. The molecule has 0 saturated carbocycles. The average molecular weight is 412 g/mol. The van der Waals surface area contributed by atoms with Crippen LogP contribution in [-0.2, 0) is 19.9 Å². The summed E-state index contributed by atoms with van der Waals surface area (Å²) in [6, 6.07) is 9.32. The Morgan fingerprint density at radius 3 is 2.37 bits per heavy atom. The molecule has 1 aliphatic rings. The highest BCUT2D eigenvalue weighted by atomic mass is 32.2. The standard InChI is InChI=1S/C18H21NO6S2/c1-12-6-7-13(2)18(8-12)27(24,25)19(14-4-3-5-15(20)9-14)16-10-26(22,23)11-17(16)21/h3-9,16-17,20-21H,10-11H2,1-2H3/t16-,17+/m0/s1. The van der Waals surface area contributed by atoms with Gasteiger partial charge >= 0.3 is 0 Å². The van der Waals surface area contributed by atoms with E-state index >= 15 is 0 Å². The number of anilines is 1. The summed E-state index contributed by atoms with van der Waals surface area (Å²) in [5.41, 5.74) is 1.33. The van der Waals surface area contributed by atoms with Crippen molar-refractivity contribution >= 4 is 25.5 Å². The van der Waals surface area contributed by atoms with Crippen LogP contribution in [0.15, 0.2) is 47.4 Å². The van der Waals surface area contributed by atoms with Crippen molar-refractivity contribution in [1.82, 2.24) is 0 Å². The van der Waals surface area contributed by atoms with Gasteiger partial charge in [-0.15, -0.1) is 0 Å². The molecule has 9 heteroatoms. The van der Waals surface area contributed by atoms with Crippen LogP contribution < -0.4 is 4.31 Å². The first-order chi connectivity index (χ1) is 12.5. The number of sulfone groups is 1. The minimum atomic E-state index is -4.19. The predicted molar refractivity (Wildman–Crippen MR) is 102 cm³/mol. The van der Waals surface area contributed by atoms with Gasteiger partial charge in [0.2, 0.25) is 0 Å². The van der Waals surface area contributed by atoms with Crippen molar-refractivity contribution < 1.29 is 27.0 Å². The van der Waals surface area contributed by atoms with Crippen LogP contribution in [0.25, 0.3) is 0 Å². The minimum Gasteiger partial charge on any atom is -0.508 e. The van der Waals surface area contributed by atoms with Crippen molar-refractivity contribution in [2.75, 3.05) is 15.8 Å². The molecule has 0 bridgehead atoms. The van der Waals surface area contributed by atoms with Gasteiger partial charge in [-0.1, -0.05) is 18.2 Å². The number of phenols is 1. The van der Waals surface area contributed by atoms with Crippen molar-refractivity contribution in [3.8, 4) is 5.75 Å². The number of rotatable bonds is 4. The monoisotopic (exact) mass is 411 g/mol. The topological polar surface area (TPSA) is 112 Å². The van der Waals surface area contributed by atoms with Crippen LogP contribution in [0.2, 0.25) is 0 Å². The largest absolute Gasteiger partial charge is 0.508 e. The fourth-order valence-electron chi connectivity index (χ4n) is 3.26. The average Bonchev–Trinajstić information content (AvgIpc) is 2.82. The van der Waals surface area contributed by atoms with E-state index < -0.39 is 43.5 Å². The molecule has 1 saturated heterocycles. The van der Waals surface area contributed by atoms with E-state index in [4.69, 9.17) is 0 Å². The summed E-state index contributed by atoms with van der Waals surface area (Å²) >= 11 is 0. The van der Waals surface area contributed by atoms with Gasteiger partial charge in [0.25, 0.3) is 10.0 Å². The number of phenolic OH excluding ortho intramolecular Hbond substituents is 1. The van der Waals surface area contributed by atoms with E-state index in [1.807, 2.05) is 0 Å². The lowest BCUT2D eigenvalue weighted by atomic mass is 10.2. The Kier molecular flexibility index (Phi) is 4.96. The van der Waals surface area contributed by atoms with E-state index in [-0.39, 0.29) is 16.3 Å². The lowest BCUT2D eigenvalue weighted by Crippen LogP contribution is -2.47. The molecule has 1 heterocycles. The fraction of sp³-hybridized carbons (Fsp3) is 0.333. The molecule has 1 fully saturated rings. The molecule has 7 nitrogen and oxygen atoms in total. The van der Waals surface area contributed by atoms with Crippen molar-refractivity contribution in [2.24, 2.45) is 0 Å². The highest BCUT2D eigenvalue weighted by molar-refractivity contribution is 7.93. The third-order valence-electron chi connectivity index (χ3n) is 4.56. The Balaban J connectivity index is 2.22. The summed E-state index contributed by atoms with van der Waals surface area (Å²) in [6.07, 6.45) is -1.36. The van der Waals surface area contributed by atoms with Gasteiger partial charge in [0, 0.05) is 6.07 Å². The molecule has 2 N–H and O–H groups in total. The normalized spacial score (nSPS) is 21.9. The molecule has 3 rings (SSSR count). The Hall–Kier alpha value is -2.10. The molecule has 0 aliphatic carbocycles. The Morgan fingerprint density at radius 2 is 1.78 bits per heavy atom. The lowest BCUT2D eigenvalue weighted by Gasteiger charge is -2.32. The molecule has 2 atom stereocenters. The van der Waals surface area contributed by atoms with Crippen molar-refractivity contribution in [1.29, 1.82) is 0 Å². The summed E-state index contributed by atoms with van der Waals surface area (Å²) in [7, 11) is -7.78. The number of sulfonamides is 1. The second kappa shape index (κ2) is 6.81. The molecular weight excluding hydrogens is 390 g/mol. The highest BCUT2D eigenvalue weighted by Crippen LogP contribution is 2.33. The number of aliphatic hydroxyl groups excluding tert-OH is 1. The summed E-state index contributed by atoms with van der Waals surface area (Å²) in [5.74, 6) is -1.16. The van der Waals surface area contributed by atoms with Crippen molar-refractivity contribution in [3.63, 3.8) is 0 Å². The van der Waals surface area contributed by atoms with Crippen LogP contribution in [-0.4, -0.2) is 50.7 Å². The van der Waals surface area contributed by atoms with Crippen LogP contribution in [0.4, 0.5) is 5.69 Å². The minimum absolute atomic E-state index is 0.0299. The summed E-state index contributed by atoms with van der Waals surface area (Å²) in [6.45, 7) is 3.40. The van der Waals surface area contributed by atoms with E-state index in [1.54, 1.807) is 26.0 Å². The maximum atomic E-state index is 13.5. The molecule has 2 aromatic rings. The van der Waals surface area contributed by atoms with E-state index in [0.717, 1.165) is 9.87 Å². The van der Waals surface area contributed by atoms with Gasteiger partial charge in [-0.3, -0.25) is 4.31 Å². The zero-order chi connectivity index (χ0) is 20.0. The quantitative estimate of drug-likeness (QED) is 0.786. The first-order valence-electron chi connectivity index (χ1n) is 8.30. The van der Waals surface area contributed by atoms with E-state index in [0.29, 0.717) is 5.56 Å². The molecule has 0 aromatic heterocycles. The van der Waals surface area contributed by atoms with E-state index in [2.05, 4.69) is 0 Å². The first kappa shape index (κ1) is 19.7. The van der Waals surface area contributed by atoms with E-state index in [9.17, 15) is 27.0 Å². The predicted octanol–water partition coefficient (Wildman–Crippen LogP) is 1.36. The molecule has 146 valence electrons. The summed E-state index contributed by atoms with van der Waals surface area (Å²) in [5, 5.41) is 20.1. The Morgan fingerprint density at radius 1 is 1.07 bits per heavy atom. The SMILES string of the molecule is Cc1ccc(C)c(S(=O)(=O)N(c2cccc(O)c2)[C@H]2CS(=O)(=O)C[C@H]2O)c1. The van der Waals surface area contributed by atoms with Gasteiger partial charge in [0.1, 0.15) is 5.75 Å². The molecular formula is C18H21NO6S2. The molecule has 0 amide bonds. The van der Waals surface area contributed by atoms with Crippen LogP contribution >= 0.6 is 0 Å². The van der Waals surface area contributed by atoms with Gasteiger partial charge in [-0.05, 0) is 43.2 Å². The third kappa shape index (κ3) is 3.80. The summed E-state index contributed by atoms with van der Waals surface area (Å²) < 4.78 is 51.9. The highest BCUT2D eigenvalue weighted by Gasteiger charge is 2.45. The molecule has 1 aliphatic heterocycles. The molecule has 0 radical (unpaired) electrons. The summed E-state index contributed by atoms with van der Waals surface area (Å²) in [4.78, 5) is 0.0299. The number of aliphatic hydroxyl groups is 1. The second-order valence-corrected chi connectivity index (χ2v) is 10.7. The van der Waals surface area contributed by atoms with Gasteiger partial charge in [0.05, 0.1) is 34.2 Å². The van der Waals surface area contributed by atoms with Crippen molar-refractivity contribution in [2.45, 2.75) is 30.9 Å². The zero-order valence-electron chi connectivity index (χ0n) is 14.9. The molecule has 27 heavy (non-hydrogen) atoms. The zero-order valence-corrected chi connectivity index (χ0v) is 16.5. The third-order valence-corrected chi connectivity index (χ3v) is 8.25.